The van der Waals surface area contributed by atoms with Crippen LogP contribution in [-0.4, -0.2) is 35.2 Å². The highest BCUT2D eigenvalue weighted by molar-refractivity contribution is 5.98. The molecule has 0 aliphatic heterocycles. The molecule has 0 radical (unpaired) electrons. The average Bonchev–Trinajstić information content (AvgIpc) is 3.44. The molecule has 0 saturated heterocycles. The molecule has 1 aromatic carbocycles. The molecule has 0 bridgehead atoms. The lowest BCUT2D eigenvalue weighted by atomic mass is 10.0. The van der Waals surface area contributed by atoms with E-state index in [0.29, 0.717) is 5.82 Å². The third-order valence-electron chi connectivity index (χ3n) is 4.14. The fourth-order valence-corrected chi connectivity index (χ4v) is 2.74. The van der Waals surface area contributed by atoms with Crippen molar-refractivity contribution in [2.24, 2.45) is 5.92 Å². The van der Waals surface area contributed by atoms with E-state index >= 15 is 0 Å². The Balaban J connectivity index is 0.000000880. The number of methoxy groups -OCH3 is 1. The number of para-hydroxylation sites is 1. The minimum atomic E-state index is 0.0633. The normalized spacial score (nSPS) is 13.1. The van der Waals surface area contributed by atoms with Gasteiger partial charge in [-0.2, -0.15) is 0 Å². The number of hydrogen-bond donors (Lipinski definition) is 3. The van der Waals surface area contributed by atoms with E-state index in [-0.39, 0.29) is 11.8 Å². The summed E-state index contributed by atoms with van der Waals surface area (Å²) in [4.78, 5) is 19.5. The van der Waals surface area contributed by atoms with Gasteiger partial charge in [-0.25, -0.2) is 4.98 Å². The summed E-state index contributed by atoms with van der Waals surface area (Å²) < 4.78 is 5.44. The van der Waals surface area contributed by atoms with Crippen molar-refractivity contribution >= 4 is 22.8 Å². The Hall–Kier alpha value is -2.86. The van der Waals surface area contributed by atoms with Crippen LogP contribution >= 0.6 is 0 Å². The molecule has 1 aliphatic carbocycles. The van der Waals surface area contributed by atoms with Crippen LogP contribution in [0.25, 0.3) is 22.2 Å². The quantitative estimate of drug-likeness (QED) is 0.681. The number of aliphatic hydroxyl groups is 1. The van der Waals surface area contributed by atoms with Crippen LogP contribution in [0.5, 0.6) is 5.75 Å². The van der Waals surface area contributed by atoms with Gasteiger partial charge in [0.2, 0.25) is 5.91 Å². The van der Waals surface area contributed by atoms with Crippen molar-refractivity contribution in [3.8, 4) is 16.9 Å². The molecule has 2 aromatic heterocycles. The number of aromatic amines is 1. The van der Waals surface area contributed by atoms with E-state index in [1.165, 1.54) is 0 Å². The molecule has 6 nitrogen and oxygen atoms in total. The first-order valence-electron chi connectivity index (χ1n) is 8.13. The summed E-state index contributed by atoms with van der Waals surface area (Å²) in [5.41, 5.74) is 2.79. The number of carbonyl (C=O) groups is 1. The number of H-pyrrole nitrogens is 1. The van der Waals surface area contributed by atoms with Gasteiger partial charge in [-0.1, -0.05) is 18.2 Å². The highest BCUT2D eigenvalue weighted by Crippen LogP contribution is 2.35. The van der Waals surface area contributed by atoms with Crippen LogP contribution in [0.1, 0.15) is 12.8 Å². The molecule has 1 aliphatic rings. The summed E-state index contributed by atoms with van der Waals surface area (Å²) >= 11 is 0. The Kier molecular flexibility index (Phi) is 5.00. The second-order valence-corrected chi connectivity index (χ2v) is 5.76. The van der Waals surface area contributed by atoms with Crippen LogP contribution in [-0.2, 0) is 4.79 Å². The largest absolute Gasteiger partial charge is 0.496 e. The summed E-state index contributed by atoms with van der Waals surface area (Å²) in [5.74, 6) is 1.64. The Bertz CT molecular complexity index is 885. The SMILES string of the molecule is CO.COc1ccccc1-c1c[nH]c2nc(NC(=O)C3CC3)ccc12. The fraction of sp³-hybridized carbons (Fsp3) is 0.263. The van der Waals surface area contributed by atoms with Crippen LogP contribution in [0.4, 0.5) is 5.82 Å². The predicted molar refractivity (Wildman–Crippen MR) is 97.6 cm³/mol. The van der Waals surface area contributed by atoms with Crippen molar-refractivity contribution in [1.29, 1.82) is 0 Å². The summed E-state index contributed by atoms with van der Waals surface area (Å²) in [6.07, 6.45) is 3.88. The number of aliphatic hydroxyl groups excluding tert-OH is 1. The molecule has 4 rings (SSSR count). The molecule has 3 aromatic rings. The second-order valence-electron chi connectivity index (χ2n) is 5.76. The number of anilines is 1. The summed E-state index contributed by atoms with van der Waals surface area (Å²) in [5, 5.41) is 10.9. The second kappa shape index (κ2) is 7.36. The van der Waals surface area contributed by atoms with E-state index in [1.807, 2.05) is 42.6 Å². The monoisotopic (exact) mass is 339 g/mol. The molecule has 6 heteroatoms. The lowest BCUT2D eigenvalue weighted by molar-refractivity contribution is -0.117. The number of pyridine rings is 1. The van der Waals surface area contributed by atoms with Crippen LogP contribution < -0.4 is 10.1 Å². The van der Waals surface area contributed by atoms with Gasteiger partial charge in [-0.3, -0.25) is 4.79 Å². The van der Waals surface area contributed by atoms with Gasteiger partial charge < -0.3 is 20.1 Å². The number of aromatic nitrogens is 2. The van der Waals surface area contributed by atoms with Crippen molar-refractivity contribution in [3.05, 3.63) is 42.6 Å². The van der Waals surface area contributed by atoms with Crippen LogP contribution in [0.3, 0.4) is 0 Å². The lowest BCUT2D eigenvalue weighted by Gasteiger charge is -2.07. The van der Waals surface area contributed by atoms with Crippen molar-refractivity contribution in [3.63, 3.8) is 0 Å². The molecule has 1 fully saturated rings. The van der Waals surface area contributed by atoms with Crippen LogP contribution in [0.2, 0.25) is 0 Å². The van der Waals surface area contributed by atoms with Gasteiger partial charge in [0.25, 0.3) is 0 Å². The van der Waals surface area contributed by atoms with E-state index in [0.717, 1.165) is 47.9 Å². The van der Waals surface area contributed by atoms with Crippen molar-refractivity contribution in [2.75, 3.05) is 19.5 Å². The molecule has 3 N–H and O–H groups in total. The number of ether oxygens (including phenoxy) is 1. The van der Waals surface area contributed by atoms with E-state index in [2.05, 4.69) is 15.3 Å². The highest BCUT2D eigenvalue weighted by atomic mass is 16.5. The standard InChI is InChI=1S/C18H17N3O2.CH4O/c1-23-15-5-3-2-4-12(15)14-10-19-17-13(14)8-9-16(20-17)21-18(22)11-6-7-11;1-2/h2-5,8-11H,6-7H2,1H3,(H2,19,20,21,22);2H,1H3. The van der Waals surface area contributed by atoms with Gasteiger partial charge in [-0.15, -0.1) is 0 Å². The van der Waals surface area contributed by atoms with Gasteiger partial charge in [0, 0.05) is 35.7 Å². The molecule has 1 saturated carbocycles. The number of hydrogen-bond acceptors (Lipinski definition) is 4. The zero-order valence-corrected chi connectivity index (χ0v) is 14.2. The summed E-state index contributed by atoms with van der Waals surface area (Å²) in [6.45, 7) is 0. The topological polar surface area (TPSA) is 87.2 Å². The van der Waals surface area contributed by atoms with Gasteiger partial charge in [0.05, 0.1) is 7.11 Å². The van der Waals surface area contributed by atoms with Gasteiger partial charge in [-0.05, 0) is 31.0 Å². The smallest absolute Gasteiger partial charge is 0.228 e. The molecular formula is C19H21N3O3. The number of rotatable bonds is 4. The van der Waals surface area contributed by atoms with E-state index in [1.54, 1.807) is 7.11 Å². The predicted octanol–water partition coefficient (Wildman–Crippen LogP) is 3.20. The molecular weight excluding hydrogens is 318 g/mol. The number of benzene rings is 1. The number of fused-ring (bicyclic) bond motifs is 1. The molecule has 2 heterocycles. The Morgan fingerprint density at radius 3 is 2.68 bits per heavy atom. The Morgan fingerprint density at radius 2 is 1.96 bits per heavy atom. The maximum atomic E-state index is 11.8. The first-order chi connectivity index (χ1) is 12.3. The van der Waals surface area contributed by atoms with E-state index in [9.17, 15) is 4.79 Å². The fourth-order valence-electron chi connectivity index (χ4n) is 2.74. The van der Waals surface area contributed by atoms with E-state index < -0.39 is 0 Å². The zero-order valence-electron chi connectivity index (χ0n) is 14.2. The van der Waals surface area contributed by atoms with Crippen LogP contribution in [0, 0.1) is 5.92 Å². The Morgan fingerprint density at radius 1 is 1.20 bits per heavy atom. The average molecular weight is 339 g/mol. The summed E-state index contributed by atoms with van der Waals surface area (Å²) in [7, 11) is 2.66. The molecule has 0 spiro atoms. The van der Waals surface area contributed by atoms with Gasteiger partial charge >= 0.3 is 0 Å². The maximum Gasteiger partial charge on any atom is 0.228 e. The maximum absolute atomic E-state index is 11.8. The van der Waals surface area contributed by atoms with Crippen LogP contribution in [0.15, 0.2) is 42.6 Å². The third kappa shape index (κ3) is 3.49. The number of nitrogens with zero attached hydrogens (tertiary/aromatic N) is 1. The third-order valence-corrected chi connectivity index (χ3v) is 4.14. The van der Waals surface area contributed by atoms with Gasteiger partial charge in [0.1, 0.15) is 17.2 Å². The first-order valence-corrected chi connectivity index (χ1v) is 8.13. The number of nitrogens with one attached hydrogen (secondary N) is 2. The first kappa shape index (κ1) is 17.0. The molecule has 0 unspecified atom stereocenters. The minimum Gasteiger partial charge on any atom is -0.496 e. The number of carbonyl (C=O) groups excluding carboxylic acids is 1. The minimum absolute atomic E-state index is 0.0633. The van der Waals surface area contributed by atoms with Crippen molar-refractivity contribution in [1.82, 2.24) is 9.97 Å². The molecule has 25 heavy (non-hydrogen) atoms. The zero-order chi connectivity index (χ0) is 17.8. The Labute approximate surface area is 145 Å². The number of amides is 1. The summed E-state index contributed by atoms with van der Waals surface area (Å²) in [6, 6.07) is 11.7. The van der Waals surface area contributed by atoms with Crippen molar-refractivity contribution in [2.45, 2.75) is 12.8 Å². The lowest BCUT2D eigenvalue weighted by Crippen LogP contribution is -2.14. The molecule has 130 valence electrons. The molecule has 0 atom stereocenters. The highest BCUT2D eigenvalue weighted by Gasteiger charge is 2.29. The van der Waals surface area contributed by atoms with E-state index in [4.69, 9.17) is 9.84 Å². The molecule has 1 amide bonds. The van der Waals surface area contributed by atoms with Gasteiger partial charge in [0.15, 0.2) is 0 Å². The van der Waals surface area contributed by atoms with Crippen molar-refractivity contribution < 1.29 is 14.6 Å².